The van der Waals surface area contributed by atoms with Gasteiger partial charge in [0.1, 0.15) is 0 Å². The predicted octanol–water partition coefficient (Wildman–Crippen LogP) is 2.26. The Morgan fingerprint density at radius 2 is 2.33 bits per heavy atom. The number of alkyl halides is 1. The van der Waals surface area contributed by atoms with Crippen molar-refractivity contribution in [1.82, 2.24) is 0 Å². The Balaban J connectivity index is 2.66. The Kier molecular flexibility index (Phi) is 3.80. The lowest BCUT2D eigenvalue weighted by Crippen LogP contribution is -2.36. The fourth-order valence-electron chi connectivity index (χ4n) is 1.77. The zero-order chi connectivity index (χ0) is 9.14. The zero-order valence-electron chi connectivity index (χ0n) is 7.55. The quantitative estimate of drug-likeness (QED) is 0.441. The van der Waals surface area contributed by atoms with E-state index >= 15 is 0 Å². The SMILES string of the molecule is CC(C)[C@@H]1C(=O)OCC[C@@H]1CI. The summed E-state index contributed by atoms with van der Waals surface area (Å²) in [7, 11) is 0. The number of halogens is 1. The Hall–Kier alpha value is 0.200. The highest BCUT2D eigenvalue weighted by Crippen LogP contribution is 2.30. The third-order valence-electron chi connectivity index (χ3n) is 2.43. The zero-order valence-corrected chi connectivity index (χ0v) is 9.71. The van der Waals surface area contributed by atoms with Gasteiger partial charge in [0, 0.05) is 4.43 Å². The molecule has 0 bridgehead atoms. The predicted molar refractivity (Wildman–Crippen MR) is 56.3 cm³/mol. The van der Waals surface area contributed by atoms with Crippen LogP contribution in [0.5, 0.6) is 0 Å². The van der Waals surface area contributed by atoms with Gasteiger partial charge in [-0.2, -0.15) is 0 Å². The van der Waals surface area contributed by atoms with Gasteiger partial charge >= 0.3 is 5.97 Å². The first-order valence-corrected chi connectivity index (χ1v) is 5.92. The van der Waals surface area contributed by atoms with Crippen LogP contribution >= 0.6 is 22.6 Å². The number of carbonyl (C=O) groups is 1. The largest absolute Gasteiger partial charge is 0.465 e. The molecule has 0 N–H and O–H groups in total. The van der Waals surface area contributed by atoms with Crippen LogP contribution in [-0.2, 0) is 9.53 Å². The van der Waals surface area contributed by atoms with Crippen LogP contribution in [0, 0.1) is 17.8 Å². The van der Waals surface area contributed by atoms with Gasteiger partial charge in [0.15, 0.2) is 0 Å². The van der Waals surface area contributed by atoms with Crippen molar-refractivity contribution in [3.63, 3.8) is 0 Å². The third-order valence-corrected chi connectivity index (χ3v) is 3.56. The molecule has 1 aliphatic rings. The van der Waals surface area contributed by atoms with Gasteiger partial charge in [-0.1, -0.05) is 36.4 Å². The maximum absolute atomic E-state index is 11.4. The summed E-state index contributed by atoms with van der Waals surface area (Å²) in [6.07, 6.45) is 1.04. The summed E-state index contributed by atoms with van der Waals surface area (Å²) >= 11 is 2.36. The summed E-state index contributed by atoms with van der Waals surface area (Å²) in [4.78, 5) is 11.4. The van der Waals surface area contributed by atoms with Crippen molar-refractivity contribution in [2.75, 3.05) is 11.0 Å². The van der Waals surface area contributed by atoms with E-state index in [-0.39, 0.29) is 11.9 Å². The second kappa shape index (κ2) is 4.44. The van der Waals surface area contributed by atoms with Gasteiger partial charge in [-0.15, -0.1) is 0 Å². The van der Waals surface area contributed by atoms with E-state index in [1.165, 1.54) is 0 Å². The smallest absolute Gasteiger partial charge is 0.309 e. The van der Waals surface area contributed by atoms with Crippen LogP contribution < -0.4 is 0 Å². The molecule has 0 saturated carbocycles. The second-order valence-electron chi connectivity index (χ2n) is 3.64. The van der Waals surface area contributed by atoms with Crippen molar-refractivity contribution in [2.24, 2.45) is 17.8 Å². The summed E-state index contributed by atoms with van der Waals surface area (Å²) < 4.78 is 6.11. The molecule has 1 heterocycles. The molecule has 12 heavy (non-hydrogen) atoms. The van der Waals surface area contributed by atoms with Gasteiger partial charge in [0.2, 0.25) is 0 Å². The molecule has 0 spiro atoms. The molecule has 2 nitrogen and oxygen atoms in total. The van der Waals surface area contributed by atoms with Gasteiger partial charge in [-0.25, -0.2) is 0 Å². The van der Waals surface area contributed by atoms with E-state index in [2.05, 4.69) is 36.4 Å². The Morgan fingerprint density at radius 1 is 1.67 bits per heavy atom. The summed E-state index contributed by atoms with van der Waals surface area (Å²) in [5.74, 6) is 1.10. The average Bonchev–Trinajstić information content (AvgIpc) is 2.03. The number of hydrogen-bond acceptors (Lipinski definition) is 2. The van der Waals surface area contributed by atoms with Gasteiger partial charge < -0.3 is 4.74 Å². The topological polar surface area (TPSA) is 26.3 Å². The van der Waals surface area contributed by atoms with E-state index in [1.54, 1.807) is 0 Å². The fourth-order valence-corrected chi connectivity index (χ4v) is 2.76. The molecule has 1 saturated heterocycles. The van der Waals surface area contributed by atoms with E-state index in [4.69, 9.17) is 4.74 Å². The van der Waals surface area contributed by atoms with Crippen LogP contribution in [-0.4, -0.2) is 17.0 Å². The molecule has 0 aromatic rings. The van der Waals surface area contributed by atoms with Gasteiger partial charge in [0.25, 0.3) is 0 Å². The van der Waals surface area contributed by atoms with E-state index < -0.39 is 0 Å². The van der Waals surface area contributed by atoms with Crippen molar-refractivity contribution in [3.05, 3.63) is 0 Å². The molecule has 0 radical (unpaired) electrons. The highest BCUT2D eigenvalue weighted by atomic mass is 127. The van der Waals surface area contributed by atoms with E-state index in [9.17, 15) is 4.79 Å². The van der Waals surface area contributed by atoms with Crippen LogP contribution in [0.1, 0.15) is 20.3 Å². The second-order valence-corrected chi connectivity index (χ2v) is 4.52. The molecule has 3 heteroatoms. The normalized spacial score (nSPS) is 30.5. The van der Waals surface area contributed by atoms with Crippen LogP contribution in [0.2, 0.25) is 0 Å². The van der Waals surface area contributed by atoms with Crippen molar-refractivity contribution in [1.29, 1.82) is 0 Å². The number of ether oxygens (including phenoxy) is 1. The van der Waals surface area contributed by atoms with Crippen molar-refractivity contribution < 1.29 is 9.53 Å². The Bertz CT molecular complexity index is 168. The number of carbonyl (C=O) groups excluding carboxylic acids is 1. The lowest BCUT2D eigenvalue weighted by atomic mass is 9.81. The molecule has 70 valence electrons. The summed E-state index contributed by atoms with van der Waals surface area (Å²) in [6.45, 7) is 4.81. The van der Waals surface area contributed by atoms with Gasteiger partial charge in [0.05, 0.1) is 12.5 Å². The first kappa shape index (κ1) is 10.3. The van der Waals surface area contributed by atoms with Crippen LogP contribution in [0.4, 0.5) is 0 Å². The maximum Gasteiger partial charge on any atom is 0.309 e. The molecule has 0 amide bonds. The standard InChI is InChI=1S/C9H15IO2/c1-6(2)8-7(5-10)3-4-12-9(8)11/h6-8H,3-5H2,1-2H3/t7-,8+/m1/s1. The monoisotopic (exact) mass is 282 g/mol. The lowest BCUT2D eigenvalue weighted by Gasteiger charge is -2.31. The van der Waals surface area contributed by atoms with Crippen molar-refractivity contribution in [3.8, 4) is 0 Å². The maximum atomic E-state index is 11.4. The molecular formula is C9H15IO2. The molecule has 0 unspecified atom stereocenters. The van der Waals surface area contributed by atoms with Crippen LogP contribution in [0.3, 0.4) is 0 Å². The molecule has 0 aliphatic carbocycles. The molecule has 1 aliphatic heterocycles. The minimum absolute atomic E-state index is 0.0120. The highest BCUT2D eigenvalue weighted by Gasteiger charge is 2.34. The first-order chi connectivity index (χ1) is 5.66. The summed E-state index contributed by atoms with van der Waals surface area (Å²) in [5, 5.41) is 0. The molecule has 2 atom stereocenters. The highest BCUT2D eigenvalue weighted by molar-refractivity contribution is 14.1. The Labute approximate surface area is 87.2 Å². The van der Waals surface area contributed by atoms with Crippen molar-refractivity contribution in [2.45, 2.75) is 20.3 Å². The van der Waals surface area contributed by atoms with E-state index in [0.29, 0.717) is 18.4 Å². The van der Waals surface area contributed by atoms with Crippen LogP contribution in [0.15, 0.2) is 0 Å². The molecule has 0 aromatic heterocycles. The average molecular weight is 282 g/mol. The molecular weight excluding hydrogens is 267 g/mol. The number of cyclic esters (lactones) is 1. The fraction of sp³-hybridized carbons (Fsp3) is 0.889. The van der Waals surface area contributed by atoms with E-state index in [1.807, 2.05) is 0 Å². The van der Waals surface area contributed by atoms with Gasteiger partial charge in [-0.3, -0.25) is 4.79 Å². The first-order valence-electron chi connectivity index (χ1n) is 4.39. The summed E-state index contributed by atoms with van der Waals surface area (Å²) in [5.41, 5.74) is 0. The molecule has 1 rings (SSSR count). The third kappa shape index (κ3) is 2.12. The lowest BCUT2D eigenvalue weighted by molar-refractivity contribution is -0.158. The van der Waals surface area contributed by atoms with Crippen molar-refractivity contribution >= 4 is 28.6 Å². The summed E-state index contributed by atoms with van der Waals surface area (Å²) in [6, 6.07) is 0. The van der Waals surface area contributed by atoms with E-state index in [0.717, 1.165) is 10.8 Å². The molecule has 0 aromatic carbocycles. The number of hydrogen-bond donors (Lipinski definition) is 0. The minimum Gasteiger partial charge on any atom is -0.465 e. The van der Waals surface area contributed by atoms with Gasteiger partial charge in [-0.05, 0) is 18.3 Å². The van der Waals surface area contributed by atoms with Crippen LogP contribution in [0.25, 0.3) is 0 Å². The number of rotatable bonds is 2. The minimum atomic E-state index is 0.0120. The molecule has 1 fully saturated rings. The number of esters is 1. The Morgan fingerprint density at radius 3 is 2.75 bits per heavy atom.